The van der Waals surface area contributed by atoms with Crippen molar-refractivity contribution in [3.63, 3.8) is 0 Å². The van der Waals surface area contributed by atoms with E-state index in [2.05, 4.69) is 153 Å². The van der Waals surface area contributed by atoms with E-state index in [4.69, 9.17) is 18.9 Å². The van der Waals surface area contributed by atoms with Crippen molar-refractivity contribution in [2.75, 3.05) is 19.8 Å². The number of rotatable bonds is 58. The van der Waals surface area contributed by atoms with Gasteiger partial charge < -0.3 is 65.1 Å². The lowest BCUT2D eigenvalue weighted by Crippen LogP contribution is -2.65. The maximum atomic E-state index is 13.3. The van der Waals surface area contributed by atoms with E-state index in [1.807, 2.05) is 6.08 Å². The van der Waals surface area contributed by atoms with Crippen LogP contribution in [-0.4, -0.2) is 140 Å². The molecule has 2 heterocycles. The summed E-state index contributed by atoms with van der Waals surface area (Å²) >= 11 is 0. The molecule has 0 aromatic heterocycles. The lowest BCUT2D eigenvalue weighted by atomic mass is 9.97. The van der Waals surface area contributed by atoms with Crippen molar-refractivity contribution in [3.8, 4) is 0 Å². The number of hydrogen-bond acceptors (Lipinski definition) is 13. The van der Waals surface area contributed by atoms with Gasteiger partial charge in [-0.3, -0.25) is 4.79 Å². The lowest BCUT2D eigenvalue weighted by Gasteiger charge is -2.46. The van der Waals surface area contributed by atoms with Gasteiger partial charge in [0.05, 0.1) is 32.0 Å². The summed E-state index contributed by atoms with van der Waals surface area (Å²) in [7, 11) is 0. The highest BCUT2D eigenvalue weighted by Gasteiger charge is 2.51. The van der Waals surface area contributed by atoms with Crippen molar-refractivity contribution in [3.05, 3.63) is 146 Å². The van der Waals surface area contributed by atoms with E-state index in [-0.39, 0.29) is 18.9 Å². The van der Waals surface area contributed by atoms with E-state index in [1.165, 1.54) is 116 Å². The van der Waals surface area contributed by atoms with Crippen molar-refractivity contribution < 1.29 is 64.6 Å². The monoisotopic (exact) mass is 1300 g/mol. The first kappa shape index (κ1) is 85.0. The molecule has 2 fully saturated rings. The summed E-state index contributed by atoms with van der Waals surface area (Å²) in [6.45, 7) is 2.64. The Labute approximate surface area is 563 Å². The van der Waals surface area contributed by atoms with Crippen LogP contribution in [0.4, 0.5) is 0 Å². The van der Waals surface area contributed by atoms with Crippen LogP contribution in [0, 0.1) is 0 Å². The van der Waals surface area contributed by atoms with Crippen LogP contribution in [0.25, 0.3) is 0 Å². The van der Waals surface area contributed by atoms with Crippen molar-refractivity contribution in [1.82, 2.24) is 5.32 Å². The fraction of sp³-hybridized carbons (Fsp3) is 0.684. The summed E-state index contributed by atoms with van der Waals surface area (Å²) in [6.07, 6.45) is 76.2. The second-order valence-electron chi connectivity index (χ2n) is 25.0. The molecule has 14 heteroatoms. The highest BCUT2D eigenvalue weighted by molar-refractivity contribution is 5.76. The fourth-order valence-corrected chi connectivity index (χ4v) is 11.0. The van der Waals surface area contributed by atoms with E-state index >= 15 is 0 Å². The van der Waals surface area contributed by atoms with Gasteiger partial charge in [0.15, 0.2) is 12.6 Å². The molecule has 0 bridgehead atoms. The molecule has 93 heavy (non-hydrogen) atoms. The highest BCUT2D eigenvalue weighted by Crippen LogP contribution is 2.30. The minimum Gasteiger partial charge on any atom is -0.394 e. The van der Waals surface area contributed by atoms with E-state index in [0.29, 0.717) is 12.8 Å². The Morgan fingerprint density at radius 1 is 0.398 bits per heavy atom. The van der Waals surface area contributed by atoms with Gasteiger partial charge in [-0.2, -0.15) is 0 Å². The second-order valence-corrected chi connectivity index (χ2v) is 25.0. The molecule has 530 valence electrons. The zero-order valence-electron chi connectivity index (χ0n) is 57.7. The molecule has 0 aliphatic carbocycles. The summed E-state index contributed by atoms with van der Waals surface area (Å²) < 4.78 is 22.8. The van der Waals surface area contributed by atoms with Crippen LogP contribution in [0.3, 0.4) is 0 Å². The number of unbranched alkanes of at least 4 members (excludes halogenated alkanes) is 23. The van der Waals surface area contributed by atoms with E-state index < -0.39 is 86.8 Å². The van der Waals surface area contributed by atoms with Crippen molar-refractivity contribution >= 4 is 5.91 Å². The van der Waals surface area contributed by atoms with Gasteiger partial charge in [0.1, 0.15) is 48.8 Å². The van der Waals surface area contributed by atoms with Gasteiger partial charge in [0.25, 0.3) is 0 Å². The van der Waals surface area contributed by atoms with Crippen LogP contribution in [0.15, 0.2) is 146 Å². The first-order valence-electron chi connectivity index (χ1n) is 36.6. The molecule has 12 unspecified atom stereocenters. The van der Waals surface area contributed by atoms with Crippen molar-refractivity contribution in [2.24, 2.45) is 0 Å². The standard InChI is InChI=1S/C79H131NO13/c1-3-5-7-9-11-13-15-17-19-21-23-25-27-29-31-33-34-35-37-39-41-43-45-47-49-51-53-55-57-59-61-63-71(84)80-67(66-90-78-76(89)74(87)77(70(65-82)92-78)93-79-75(88)73(86)72(85)69(64-81)91-79)68(83)62-60-58-56-54-52-50-48-46-44-42-40-38-36-32-30-28-26-24-22-20-18-16-14-12-10-8-6-4-2/h5,7,11,13,17,19,23,25,29,31,34-35,39,41,44-47,51-54,60,62,67-70,72-79,81-83,85-89H,3-4,6,8-10,12,14-16,18,20-22,24,26-28,30,32-33,36-38,40,42-43,48-50,55-59,61,63-66H2,1-2H3,(H,80,84)/b7-5-,13-11-,19-17-,25-23-,31-29-,35-34-,41-39-,46-44+,47-45-,53-51-,54-52+,62-60+. The Bertz CT molecular complexity index is 2120. The minimum atomic E-state index is -1.81. The number of carbonyl (C=O) groups excluding carboxylic acids is 1. The van der Waals surface area contributed by atoms with Gasteiger partial charge in [-0.15, -0.1) is 0 Å². The van der Waals surface area contributed by atoms with Crippen LogP contribution in [0.1, 0.15) is 251 Å². The number of carbonyl (C=O) groups is 1. The molecule has 9 N–H and O–H groups in total. The van der Waals surface area contributed by atoms with Crippen LogP contribution in [0.5, 0.6) is 0 Å². The van der Waals surface area contributed by atoms with Crippen LogP contribution < -0.4 is 5.32 Å². The van der Waals surface area contributed by atoms with E-state index in [1.54, 1.807) is 6.08 Å². The average Bonchev–Trinajstić information content (AvgIpc) is 0.851. The third-order valence-electron chi connectivity index (χ3n) is 16.7. The number of allylic oxidation sites excluding steroid dienone is 23. The summed E-state index contributed by atoms with van der Waals surface area (Å²) in [5.74, 6) is -0.290. The first-order valence-corrected chi connectivity index (χ1v) is 36.6. The smallest absolute Gasteiger partial charge is 0.220 e. The summed E-state index contributed by atoms with van der Waals surface area (Å²) in [6, 6.07) is -0.970. The largest absolute Gasteiger partial charge is 0.394 e. The predicted octanol–water partition coefficient (Wildman–Crippen LogP) is 15.6. The molecule has 2 saturated heterocycles. The lowest BCUT2D eigenvalue weighted by molar-refractivity contribution is -0.359. The van der Waals surface area contributed by atoms with Gasteiger partial charge in [-0.25, -0.2) is 0 Å². The topological polar surface area (TPSA) is 228 Å². The number of aliphatic hydroxyl groups excluding tert-OH is 8. The summed E-state index contributed by atoms with van der Waals surface area (Å²) in [5.41, 5.74) is 0. The zero-order valence-corrected chi connectivity index (χ0v) is 57.7. The molecule has 0 saturated carbocycles. The minimum absolute atomic E-state index is 0.220. The maximum Gasteiger partial charge on any atom is 0.220 e. The van der Waals surface area contributed by atoms with Crippen LogP contribution in [-0.2, 0) is 23.7 Å². The Balaban J connectivity index is 1.73. The quantitative estimate of drug-likeness (QED) is 0.0204. The number of amides is 1. The molecule has 0 spiro atoms. The Kier molecular flexibility index (Phi) is 56.1. The van der Waals surface area contributed by atoms with E-state index in [9.17, 15) is 45.6 Å². The zero-order chi connectivity index (χ0) is 67.3. The Morgan fingerprint density at radius 2 is 0.753 bits per heavy atom. The van der Waals surface area contributed by atoms with Gasteiger partial charge in [-0.05, 0) is 116 Å². The molecule has 0 aromatic carbocycles. The van der Waals surface area contributed by atoms with Gasteiger partial charge >= 0.3 is 0 Å². The molecule has 12 atom stereocenters. The third-order valence-corrected chi connectivity index (χ3v) is 16.7. The van der Waals surface area contributed by atoms with Crippen LogP contribution in [0.2, 0.25) is 0 Å². The molecule has 1 amide bonds. The molecule has 2 aliphatic heterocycles. The predicted molar refractivity (Wildman–Crippen MR) is 382 cm³/mol. The van der Waals surface area contributed by atoms with Gasteiger partial charge in [0.2, 0.25) is 5.91 Å². The molecule has 2 aliphatic rings. The van der Waals surface area contributed by atoms with E-state index in [0.717, 1.165) is 103 Å². The molecular weight excluding hydrogens is 1170 g/mol. The van der Waals surface area contributed by atoms with Crippen molar-refractivity contribution in [2.45, 2.75) is 325 Å². The Hall–Kier alpha value is -4.13. The number of ether oxygens (including phenoxy) is 4. The summed E-state index contributed by atoms with van der Waals surface area (Å²) in [4.78, 5) is 13.3. The summed E-state index contributed by atoms with van der Waals surface area (Å²) in [5, 5.41) is 87.5. The maximum absolute atomic E-state index is 13.3. The molecule has 2 rings (SSSR count). The van der Waals surface area contributed by atoms with Crippen molar-refractivity contribution in [1.29, 1.82) is 0 Å². The van der Waals surface area contributed by atoms with Gasteiger partial charge in [0, 0.05) is 6.42 Å². The van der Waals surface area contributed by atoms with Crippen LogP contribution >= 0.6 is 0 Å². The third kappa shape index (κ3) is 45.1. The van der Waals surface area contributed by atoms with Gasteiger partial charge in [-0.1, -0.05) is 275 Å². The molecule has 0 aromatic rings. The number of hydrogen-bond donors (Lipinski definition) is 9. The number of nitrogens with one attached hydrogen (secondary N) is 1. The normalized spacial score (nSPS) is 23.5. The molecule has 0 radical (unpaired) electrons. The number of aliphatic hydroxyl groups is 8. The SMILES string of the molecule is CC/C=C\C/C=C\C/C=C\C/C=C\C/C=C\C/C=C\C/C=C\C/C=C\C/C=C\CCCCCC(=O)NC(COC1OC(CO)C(OC2OC(CO)C(O)C(O)C2O)C(O)C1O)C(O)/C=C/CC/C=C/CC/C=C/CCCCCCCCCCCCCCCCCCCC. The Morgan fingerprint density at radius 3 is 1.18 bits per heavy atom. The second kappa shape index (κ2) is 61.5. The first-order chi connectivity index (χ1) is 45.6. The highest BCUT2D eigenvalue weighted by atomic mass is 16.7. The molecular formula is C79H131NO13. The fourth-order valence-electron chi connectivity index (χ4n) is 11.0. The molecule has 14 nitrogen and oxygen atoms in total. The average molecular weight is 1300 g/mol.